The highest BCUT2D eigenvalue weighted by atomic mass is 16.5. The molecule has 0 radical (unpaired) electrons. The van der Waals surface area contributed by atoms with Crippen molar-refractivity contribution < 1.29 is 19.7 Å². The van der Waals surface area contributed by atoms with Crippen LogP contribution in [0.25, 0.3) is 0 Å². The Labute approximate surface area is 65.8 Å². The van der Waals surface area contributed by atoms with Crippen LogP contribution in [-0.4, -0.2) is 36.0 Å². The van der Waals surface area contributed by atoms with E-state index in [9.17, 15) is 4.79 Å². The number of hydrogen-bond donors (Lipinski definition) is 2. The normalized spacial score (nSPS) is 12.6. The molecule has 0 amide bonds. The molecule has 0 saturated carbocycles. The highest BCUT2D eigenvalue weighted by Crippen LogP contribution is 2.01. The van der Waals surface area contributed by atoms with Gasteiger partial charge < -0.3 is 14.9 Å². The third kappa shape index (κ3) is 5.82. The van der Waals surface area contributed by atoms with E-state index in [1.165, 1.54) is 7.11 Å². The number of esters is 1. The van der Waals surface area contributed by atoms with Crippen LogP contribution in [0.3, 0.4) is 0 Å². The van der Waals surface area contributed by atoms with Crippen molar-refractivity contribution in [2.45, 2.75) is 25.4 Å². The molecule has 66 valence electrons. The Kier molecular flexibility index (Phi) is 5.78. The molecule has 4 nitrogen and oxygen atoms in total. The van der Waals surface area contributed by atoms with Gasteiger partial charge in [-0.25, -0.2) is 0 Å². The minimum absolute atomic E-state index is 0.0104. The fraction of sp³-hybridized carbons (Fsp3) is 0.857. The molecule has 0 aliphatic heterocycles. The Bertz CT molecular complexity index is 113. The highest BCUT2D eigenvalue weighted by molar-refractivity contribution is 5.69. The Hall–Kier alpha value is -0.610. The van der Waals surface area contributed by atoms with Gasteiger partial charge in [0.1, 0.15) is 0 Å². The van der Waals surface area contributed by atoms with E-state index in [4.69, 9.17) is 10.2 Å². The number of carbonyl (C=O) groups is 1. The maximum absolute atomic E-state index is 10.5. The van der Waals surface area contributed by atoms with Crippen LogP contribution in [0, 0.1) is 0 Å². The molecule has 0 aliphatic rings. The van der Waals surface area contributed by atoms with E-state index in [1.54, 1.807) is 0 Å². The van der Waals surface area contributed by atoms with Crippen LogP contribution in [0.4, 0.5) is 0 Å². The van der Waals surface area contributed by atoms with Crippen LogP contribution in [0.2, 0.25) is 0 Å². The Balaban J connectivity index is 3.35. The van der Waals surface area contributed by atoms with E-state index < -0.39 is 12.1 Å². The summed E-state index contributed by atoms with van der Waals surface area (Å²) in [5.74, 6) is -0.421. The van der Waals surface area contributed by atoms with Crippen molar-refractivity contribution in [1.29, 1.82) is 0 Å². The lowest BCUT2D eigenvalue weighted by Gasteiger charge is -2.06. The largest absolute Gasteiger partial charge is 0.469 e. The van der Waals surface area contributed by atoms with E-state index in [0.717, 1.165) is 0 Å². The van der Waals surface area contributed by atoms with Gasteiger partial charge in [-0.3, -0.25) is 4.79 Å². The predicted octanol–water partition coefficient (Wildman–Crippen LogP) is -0.317. The van der Waals surface area contributed by atoms with Crippen molar-refractivity contribution in [3.05, 3.63) is 0 Å². The zero-order chi connectivity index (χ0) is 8.69. The molecule has 0 aliphatic carbocycles. The van der Waals surface area contributed by atoms with Gasteiger partial charge in [-0.1, -0.05) is 0 Å². The van der Waals surface area contributed by atoms with Crippen LogP contribution in [0.5, 0.6) is 0 Å². The van der Waals surface area contributed by atoms with Gasteiger partial charge >= 0.3 is 5.97 Å². The summed E-state index contributed by atoms with van der Waals surface area (Å²) in [4.78, 5) is 10.5. The molecule has 1 atom stereocenters. The van der Waals surface area contributed by atoms with Crippen molar-refractivity contribution in [2.75, 3.05) is 13.7 Å². The first-order valence-electron chi connectivity index (χ1n) is 3.56. The average molecular weight is 162 g/mol. The Morgan fingerprint density at radius 3 is 2.73 bits per heavy atom. The van der Waals surface area contributed by atoms with E-state index in [2.05, 4.69) is 4.74 Å². The third-order valence-corrected chi connectivity index (χ3v) is 1.33. The lowest BCUT2D eigenvalue weighted by atomic mass is 10.1. The lowest BCUT2D eigenvalue weighted by Crippen LogP contribution is -2.14. The summed E-state index contributed by atoms with van der Waals surface area (Å²) in [6.45, 7) is 0.0399. The summed E-state index contributed by atoms with van der Waals surface area (Å²) in [5, 5.41) is 17.4. The minimum atomic E-state index is -0.686. The smallest absolute Gasteiger partial charge is 0.308 e. The number of methoxy groups -OCH3 is 1. The maximum Gasteiger partial charge on any atom is 0.308 e. The van der Waals surface area contributed by atoms with Gasteiger partial charge in [0.05, 0.1) is 19.6 Å². The number of rotatable bonds is 5. The number of aliphatic hydroxyl groups is 2. The zero-order valence-electron chi connectivity index (χ0n) is 6.62. The molecule has 0 aromatic carbocycles. The molecule has 1 unspecified atom stereocenters. The fourth-order valence-electron chi connectivity index (χ4n) is 0.705. The van der Waals surface area contributed by atoms with Gasteiger partial charge in [-0.2, -0.15) is 0 Å². The molecule has 0 fully saturated rings. The van der Waals surface area contributed by atoms with Crippen LogP contribution in [-0.2, 0) is 9.53 Å². The molecule has 4 heteroatoms. The molecule has 2 N–H and O–H groups in total. The van der Waals surface area contributed by atoms with Crippen molar-refractivity contribution in [2.24, 2.45) is 0 Å². The van der Waals surface area contributed by atoms with Crippen LogP contribution in [0.1, 0.15) is 19.3 Å². The van der Waals surface area contributed by atoms with E-state index in [-0.39, 0.29) is 13.0 Å². The predicted molar refractivity (Wildman–Crippen MR) is 39.0 cm³/mol. The Morgan fingerprint density at radius 2 is 2.27 bits per heavy atom. The summed E-state index contributed by atoms with van der Waals surface area (Å²) in [6, 6.07) is 0. The summed E-state index contributed by atoms with van der Waals surface area (Å²) >= 11 is 0. The number of carbonyl (C=O) groups excluding carboxylic acids is 1. The van der Waals surface area contributed by atoms with Crippen LogP contribution >= 0.6 is 0 Å². The first kappa shape index (κ1) is 10.4. The van der Waals surface area contributed by atoms with E-state index in [1.807, 2.05) is 0 Å². The molecule has 0 aromatic heterocycles. The fourth-order valence-corrected chi connectivity index (χ4v) is 0.705. The van der Waals surface area contributed by atoms with Gasteiger partial charge in [0.25, 0.3) is 0 Å². The highest BCUT2D eigenvalue weighted by Gasteiger charge is 2.09. The second-order valence-electron chi connectivity index (χ2n) is 2.30. The maximum atomic E-state index is 10.5. The number of hydrogen-bond acceptors (Lipinski definition) is 4. The van der Waals surface area contributed by atoms with Crippen molar-refractivity contribution >= 4 is 5.97 Å². The van der Waals surface area contributed by atoms with Crippen LogP contribution < -0.4 is 0 Å². The Morgan fingerprint density at radius 1 is 1.64 bits per heavy atom. The van der Waals surface area contributed by atoms with Gasteiger partial charge in [0, 0.05) is 6.61 Å². The second kappa shape index (κ2) is 6.12. The molecular formula is C7H14O4. The standard InChI is InChI=1S/C7H14O4/c1-11-7(10)5-6(9)3-2-4-8/h6,8-9H,2-5H2,1H3. The summed E-state index contributed by atoms with van der Waals surface area (Å²) in [6.07, 6.45) is 0.273. The zero-order valence-corrected chi connectivity index (χ0v) is 6.62. The molecule has 0 saturated heterocycles. The quantitative estimate of drug-likeness (QED) is 0.544. The molecule has 0 heterocycles. The number of aliphatic hydroxyl groups excluding tert-OH is 2. The summed E-state index contributed by atoms with van der Waals surface area (Å²) < 4.78 is 4.34. The second-order valence-corrected chi connectivity index (χ2v) is 2.30. The van der Waals surface area contributed by atoms with E-state index in [0.29, 0.717) is 12.8 Å². The van der Waals surface area contributed by atoms with Gasteiger partial charge in [0.15, 0.2) is 0 Å². The first-order chi connectivity index (χ1) is 5.20. The molecule has 0 rings (SSSR count). The van der Waals surface area contributed by atoms with Crippen molar-refractivity contribution in [3.8, 4) is 0 Å². The van der Waals surface area contributed by atoms with Crippen LogP contribution in [0.15, 0.2) is 0 Å². The number of ether oxygens (including phenoxy) is 1. The molecule has 11 heavy (non-hydrogen) atoms. The molecule has 0 bridgehead atoms. The van der Waals surface area contributed by atoms with Crippen molar-refractivity contribution in [3.63, 3.8) is 0 Å². The van der Waals surface area contributed by atoms with Gasteiger partial charge in [-0.15, -0.1) is 0 Å². The SMILES string of the molecule is COC(=O)CC(O)CCCO. The minimum Gasteiger partial charge on any atom is -0.469 e. The monoisotopic (exact) mass is 162 g/mol. The molecule has 0 spiro atoms. The van der Waals surface area contributed by atoms with Crippen molar-refractivity contribution in [1.82, 2.24) is 0 Å². The first-order valence-corrected chi connectivity index (χ1v) is 3.56. The lowest BCUT2D eigenvalue weighted by molar-refractivity contribution is -0.142. The molecule has 0 aromatic rings. The third-order valence-electron chi connectivity index (χ3n) is 1.33. The van der Waals surface area contributed by atoms with Gasteiger partial charge in [-0.05, 0) is 12.8 Å². The summed E-state index contributed by atoms with van der Waals surface area (Å²) in [7, 11) is 1.28. The average Bonchev–Trinajstić information content (AvgIpc) is 2.00. The molecular weight excluding hydrogens is 148 g/mol. The van der Waals surface area contributed by atoms with Gasteiger partial charge in [0.2, 0.25) is 0 Å². The van der Waals surface area contributed by atoms with E-state index >= 15 is 0 Å². The summed E-state index contributed by atoms with van der Waals surface area (Å²) in [5.41, 5.74) is 0. The topological polar surface area (TPSA) is 66.8 Å².